The van der Waals surface area contributed by atoms with Gasteiger partial charge in [0.15, 0.2) is 0 Å². The molecule has 1 N–H and O–H groups in total. The van der Waals surface area contributed by atoms with E-state index in [-0.39, 0.29) is 0 Å². The van der Waals surface area contributed by atoms with Crippen molar-refractivity contribution in [2.75, 3.05) is 38.6 Å². The highest BCUT2D eigenvalue weighted by atomic mass is 79.9. The molecule has 1 fully saturated rings. The van der Waals surface area contributed by atoms with E-state index < -0.39 is 0 Å². The molecule has 0 radical (unpaired) electrons. The maximum absolute atomic E-state index is 3.67. The highest BCUT2D eigenvalue weighted by Gasteiger charge is 2.24. The van der Waals surface area contributed by atoms with Gasteiger partial charge in [-0.15, -0.1) is 0 Å². The zero-order chi connectivity index (χ0) is 13.1. The minimum Gasteiger partial charge on any atom is -0.368 e. The second-order valence-corrected chi connectivity index (χ2v) is 6.32. The Balaban J connectivity index is 2.06. The van der Waals surface area contributed by atoms with Gasteiger partial charge in [-0.1, -0.05) is 15.9 Å². The van der Waals surface area contributed by atoms with Crippen LogP contribution in [0.3, 0.4) is 0 Å². The Labute approximate surface area is 118 Å². The van der Waals surface area contributed by atoms with Crippen LogP contribution >= 0.6 is 15.9 Å². The summed E-state index contributed by atoms with van der Waals surface area (Å²) >= 11 is 3.49. The molecule has 0 bridgehead atoms. The van der Waals surface area contributed by atoms with Gasteiger partial charge in [-0.2, -0.15) is 0 Å². The number of halogens is 1. The molecule has 1 aromatic rings. The molecule has 3 nitrogen and oxygen atoms in total. The molecule has 4 heteroatoms. The average Bonchev–Trinajstić information content (AvgIpc) is 2.28. The SMILES string of the molecule is CC1CN(c2ccc(Br)cc2)CC(CN(C)C)N1. The summed E-state index contributed by atoms with van der Waals surface area (Å²) in [5.41, 5.74) is 1.32. The van der Waals surface area contributed by atoms with Crippen molar-refractivity contribution < 1.29 is 0 Å². The lowest BCUT2D eigenvalue weighted by molar-refractivity contribution is 0.297. The summed E-state index contributed by atoms with van der Waals surface area (Å²) < 4.78 is 1.14. The number of nitrogens with one attached hydrogen (secondary N) is 1. The van der Waals surface area contributed by atoms with E-state index in [9.17, 15) is 0 Å². The summed E-state index contributed by atoms with van der Waals surface area (Å²) in [6.45, 7) is 5.49. The fourth-order valence-electron chi connectivity index (χ4n) is 2.59. The molecule has 1 heterocycles. The fraction of sp³-hybridized carbons (Fsp3) is 0.571. The van der Waals surface area contributed by atoms with Crippen LogP contribution in [-0.4, -0.2) is 50.7 Å². The first-order valence-corrected chi connectivity index (χ1v) is 7.25. The largest absolute Gasteiger partial charge is 0.368 e. The molecule has 1 aliphatic rings. The van der Waals surface area contributed by atoms with Gasteiger partial charge < -0.3 is 15.1 Å². The van der Waals surface area contributed by atoms with Crippen LogP contribution in [0.2, 0.25) is 0 Å². The molecule has 1 aliphatic heterocycles. The summed E-state index contributed by atoms with van der Waals surface area (Å²) in [7, 11) is 4.26. The average molecular weight is 312 g/mol. The molecule has 1 saturated heterocycles. The quantitative estimate of drug-likeness (QED) is 0.923. The third-order valence-corrected chi connectivity index (χ3v) is 3.76. The normalized spacial score (nSPS) is 24.6. The third kappa shape index (κ3) is 3.70. The van der Waals surface area contributed by atoms with Gasteiger partial charge >= 0.3 is 0 Å². The van der Waals surface area contributed by atoms with E-state index in [1.165, 1.54) is 5.69 Å². The topological polar surface area (TPSA) is 18.5 Å². The predicted octanol–water partition coefficient (Wildman–Crippen LogP) is 2.18. The van der Waals surface area contributed by atoms with E-state index in [1.807, 2.05) is 0 Å². The second kappa shape index (κ2) is 6.04. The summed E-state index contributed by atoms with van der Waals surface area (Å²) in [4.78, 5) is 4.72. The van der Waals surface area contributed by atoms with Crippen LogP contribution in [-0.2, 0) is 0 Å². The molecule has 1 aromatic carbocycles. The monoisotopic (exact) mass is 311 g/mol. The van der Waals surface area contributed by atoms with Crippen LogP contribution in [0, 0.1) is 0 Å². The van der Waals surface area contributed by atoms with E-state index in [2.05, 4.69) is 76.3 Å². The van der Waals surface area contributed by atoms with Gasteiger partial charge in [-0.05, 0) is 45.3 Å². The Morgan fingerprint density at radius 1 is 1.28 bits per heavy atom. The van der Waals surface area contributed by atoms with Crippen LogP contribution in [0.5, 0.6) is 0 Å². The molecule has 0 spiro atoms. The van der Waals surface area contributed by atoms with Crippen molar-refractivity contribution in [2.45, 2.75) is 19.0 Å². The highest BCUT2D eigenvalue weighted by Crippen LogP contribution is 2.20. The smallest absolute Gasteiger partial charge is 0.0373 e. The first-order chi connectivity index (χ1) is 8.54. The standard InChI is InChI=1S/C14H22BrN3/c1-11-8-18(10-13(16-11)9-17(2)3)14-6-4-12(15)5-7-14/h4-7,11,13,16H,8-10H2,1-3H3. The number of likely N-dealkylation sites (N-methyl/N-ethyl adjacent to an activating group) is 1. The molecule has 0 aliphatic carbocycles. The Morgan fingerprint density at radius 3 is 2.56 bits per heavy atom. The molecule has 18 heavy (non-hydrogen) atoms. The zero-order valence-corrected chi connectivity index (χ0v) is 12.9. The Hall–Kier alpha value is -0.580. The first kappa shape index (κ1) is 13.8. The Kier molecular flexibility index (Phi) is 4.65. The van der Waals surface area contributed by atoms with Gasteiger partial charge in [-0.25, -0.2) is 0 Å². The van der Waals surface area contributed by atoms with Crippen molar-refractivity contribution in [3.05, 3.63) is 28.7 Å². The molecule has 0 saturated carbocycles. The van der Waals surface area contributed by atoms with E-state index in [1.54, 1.807) is 0 Å². The molecular formula is C14H22BrN3. The van der Waals surface area contributed by atoms with Crippen molar-refractivity contribution in [1.29, 1.82) is 0 Å². The summed E-state index contributed by atoms with van der Waals surface area (Å²) in [5.74, 6) is 0. The fourth-order valence-corrected chi connectivity index (χ4v) is 2.86. The van der Waals surface area contributed by atoms with Crippen molar-refractivity contribution in [1.82, 2.24) is 10.2 Å². The van der Waals surface area contributed by atoms with Gasteiger partial charge in [0, 0.05) is 41.9 Å². The van der Waals surface area contributed by atoms with E-state index in [4.69, 9.17) is 0 Å². The lowest BCUT2D eigenvalue weighted by Crippen LogP contribution is -2.58. The summed E-state index contributed by atoms with van der Waals surface area (Å²) in [5, 5.41) is 3.67. The van der Waals surface area contributed by atoms with Crippen LogP contribution < -0.4 is 10.2 Å². The molecule has 0 aromatic heterocycles. The Bertz CT molecular complexity index is 375. The van der Waals surface area contributed by atoms with Crippen LogP contribution in [0.15, 0.2) is 28.7 Å². The summed E-state index contributed by atoms with van der Waals surface area (Å²) in [6, 6.07) is 9.68. The van der Waals surface area contributed by atoms with Crippen LogP contribution in [0.4, 0.5) is 5.69 Å². The molecule has 2 rings (SSSR count). The third-order valence-electron chi connectivity index (χ3n) is 3.23. The van der Waals surface area contributed by atoms with E-state index >= 15 is 0 Å². The second-order valence-electron chi connectivity index (χ2n) is 5.41. The minimum absolute atomic E-state index is 0.535. The van der Waals surface area contributed by atoms with Crippen LogP contribution in [0.25, 0.3) is 0 Å². The number of hydrogen-bond donors (Lipinski definition) is 1. The zero-order valence-electron chi connectivity index (χ0n) is 11.4. The maximum atomic E-state index is 3.67. The molecule has 100 valence electrons. The van der Waals surface area contributed by atoms with Crippen molar-refractivity contribution in [3.8, 4) is 0 Å². The summed E-state index contributed by atoms with van der Waals surface area (Å²) in [6.07, 6.45) is 0. The van der Waals surface area contributed by atoms with Crippen molar-refractivity contribution >= 4 is 21.6 Å². The maximum Gasteiger partial charge on any atom is 0.0373 e. The number of rotatable bonds is 3. The van der Waals surface area contributed by atoms with Gasteiger partial charge in [0.1, 0.15) is 0 Å². The predicted molar refractivity (Wildman–Crippen MR) is 81.3 cm³/mol. The molecular weight excluding hydrogens is 290 g/mol. The number of piperazine rings is 1. The van der Waals surface area contributed by atoms with Gasteiger partial charge in [-0.3, -0.25) is 0 Å². The van der Waals surface area contributed by atoms with Crippen LogP contribution in [0.1, 0.15) is 6.92 Å². The van der Waals surface area contributed by atoms with Crippen molar-refractivity contribution in [2.24, 2.45) is 0 Å². The minimum atomic E-state index is 0.535. The Morgan fingerprint density at radius 2 is 1.94 bits per heavy atom. The van der Waals surface area contributed by atoms with E-state index in [0.29, 0.717) is 12.1 Å². The van der Waals surface area contributed by atoms with Gasteiger partial charge in [0.05, 0.1) is 0 Å². The molecule has 2 unspecified atom stereocenters. The van der Waals surface area contributed by atoms with Crippen molar-refractivity contribution in [3.63, 3.8) is 0 Å². The number of benzene rings is 1. The lowest BCUT2D eigenvalue weighted by atomic mass is 10.1. The number of hydrogen-bond acceptors (Lipinski definition) is 3. The van der Waals surface area contributed by atoms with Gasteiger partial charge in [0.2, 0.25) is 0 Å². The number of anilines is 1. The lowest BCUT2D eigenvalue weighted by Gasteiger charge is -2.40. The number of nitrogens with zero attached hydrogens (tertiary/aromatic N) is 2. The highest BCUT2D eigenvalue weighted by molar-refractivity contribution is 9.10. The first-order valence-electron chi connectivity index (χ1n) is 6.46. The molecule has 0 amide bonds. The molecule has 2 atom stereocenters. The van der Waals surface area contributed by atoms with Gasteiger partial charge in [0.25, 0.3) is 0 Å². The van der Waals surface area contributed by atoms with E-state index in [0.717, 1.165) is 24.1 Å².